The van der Waals surface area contributed by atoms with Crippen molar-refractivity contribution in [1.29, 1.82) is 0 Å². The Bertz CT molecular complexity index is 1180. The molecule has 1 aliphatic carbocycles. The maximum atomic E-state index is 6.09. The fourth-order valence-electron chi connectivity index (χ4n) is 4.69. The van der Waals surface area contributed by atoms with Crippen LogP contribution in [0.4, 0.5) is 0 Å². The van der Waals surface area contributed by atoms with E-state index in [9.17, 15) is 0 Å². The topological polar surface area (TPSA) is 9.23 Å². The van der Waals surface area contributed by atoms with Crippen molar-refractivity contribution >= 4 is 5.57 Å². The van der Waals surface area contributed by atoms with E-state index in [1.165, 1.54) is 33.4 Å². The lowest BCUT2D eigenvalue weighted by Crippen LogP contribution is -2.29. The molecule has 0 aliphatic heterocycles. The van der Waals surface area contributed by atoms with Crippen molar-refractivity contribution in [3.63, 3.8) is 0 Å². The summed E-state index contributed by atoms with van der Waals surface area (Å²) in [6.45, 7) is 8.38. The third kappa shape index (κ3) is 3.60. The largest absolute Gasteiger partial charge is 0.488 e. The van der Waals surface area contributed by atoms with Crippen molar-refractivity contribution < 1.29 is 4.74 Å². The van der Waals surface area contributed by atoms with Crippen molar-refractivity contribution in [3.8, 4) is 18.1 Å². The average Bonchev–Trinajstić information content (AvgIpc) is 3.01. The van der Waals surface area contributed by atoms with Gasteiger partial charge in [0.05, 0.1) is 5.41 Å². The summed E-state index contributed by atoms with van der Waals surface area (Å²) < 4.78 is 6.09. The van der Waals surface area contributed by atoms with Crippen LogP contribution in [-0.2, 0) is 5.41 Å². The molecule has 0 bridgehead atoms. The smallest absolute Gasteiger partial charge is 0.120 e. The normalized spacial score (nSPS) is 18.2. The van der Waals surface area contributed by atoms with Crippen LogP contribution in [0, 0.1) is 12.3 Å². The first-order valence-corrected chi connectivity index (χ1v) is 10.7. The van der Waals surface area contributed by atoms with Crippen LogP contribution in [0.15, 0.2) is 96.6 Å². The SMILES string of the molecule is C#C/C=C\C1=C(C)c2ccccc2C1(c1ccccc1)c1ccc(OC(C)(C)C)cc1. The van der Waals surface area contributed by atoms with Gasteiger partial charge in [-0.2, -0.15) is 0 Å². The van der Waals surface area contributed by atoms with E-state index in [2.05, 4.69) is 119 Å². The van der Waals surface area contributed by atoms with Gasteiger partial charge in [0.1, 0.15) is 11.4 Å². The molecule has 1 heteroatoms. The summed E-state index contributed by atoms with van der Waals surface area (Å²) >= 11 is 0. The molecule has 31 heavy (non-hydrogen) atoms. The fourth-order valence-corrected chi connectivity index (χ4v) is 4.69. The fraction of sp³-hybridized carbons (Fsp3) is 0.200. The number of ether oxygens (including phenoxy) is 1. The van der Waals surface area contributed by atoms with Crippen LogP contribution in [0.25, 0.3) is 5.57 Å². The minimum absolute atomic E-state index is 0.240. The van der Waals surface area contributed by atoms with E-state index in [-0.39, 0.29) is 5.60 Å². The molecule has 0 aromatic heterocycles. The van der Waals surface area contributed by atoms with Gasteiger partial charge >= 0.3 is 0 Å². The van der Waals surface area contributed by atoms with E-state index in [1.807, 2.05) is 0 Å². The van der Waals surface area contributed by atoms with E-state index >= 15 is 0 Å². The van der Waals surface area contributed by atoms with Gasteiger partial charge in [-0.05, 0) is 85.4 Å². The van der Waals surface area contributed by atoms with Gasteiger partial charge in [-0.25, -0.2) is 0 Å². The quantitative estimate of drug-likeness (QED) is 0.419. The molecular formula is C30H28O. The summed E-state index contributed by atoms with van der Waals surface area (Å²) in [6.07, 6.45) is 9.53. The van der Waals surface area contributed by atoms with Crippen LogP contribution in [0.5, 0.6) is 5.75 Å². The van der Waals surface area contributed by atoms with Crippen LogP contribution < -0.4 is 4.74 Å². The molecule has 0 radical (unpaired) electrons. The number of fused-ring (bicyclic) bond motifs is 1. The summed E-state index contributed by atoms with van der Waals surface area (Å²) in [7, 11) is 0. The van der Waals surface area contributed by atoms with Gasteiger partial charge in [-0.15, -0.1) is 6.42 Å². The first kappa shape index (κ1) is 20.8. The highest BCUT2D eigenvalue weighted by Crippen LogP contribution is 2.54. The van der Waals surface area contributed by atoms with Crippen molar-refractivity contribution in [2.45, 2.75) is 38.7 Å². The van der Waals surface area contributed by atoms with Crippen LogP contribution in [0.2, 0.25) is 0 Å². The molecule has 4 rings (SSSR count). The highest BCUT2D eigenvalue weighted by atomic mass is 16.5. The Morgan fingerprint density at radius 3 is 2.10 bits per heavy atom. The Kier molecular flexibility index (Phi) is 5.34. The van der Waals surface area contributed by atoms with Crippen molar-refractivity contribution in [2.24, 2.45) is 0 Å². The van der Waals surface area contributed by atoms with Crippen LogP contribution in [-0.4, -0.2) is 5.60 Å². The van der Waals surface area contributed by atoms with E-state index in [4.69, 9.17) is 11.2 Å². The van der Waals surface area contributed by atoms with Gasteiger partial charge in [0.2, 0.25) is 0 Å². The zero-order valence-electron chi connectivity index (χ0n) is 18.6. The third-order valence-electron chi connectivity index (χ3n) is 5.81. The van der Waals surface area contributed by atoms with Gasteiger partial charge in [-0.3, -0.25) is 0 Å². The molecule has 0 fully saturated rings. The standard InChI is InChI=1S/C30H28O/c1-6-7-16-27-22(2)26-15-11-12-17-28(26)30(27,23-13-9-8-10-14-23)24-18-20-25(21-19-24)31-29(3,4)5/h1,7-21H,2-5H3/b16-7-. The molecule has 0 heterocycles. The monoisotopic (exact) mass is 404 g/mol. The van der Waals surface area contributed by atoms with Crippen LogP contribution in [0.1, 0.15) is 49.9 Å². The molecule has 0 saturated carbocycles. The van der Waals surface area contributed by atoms with Gasteiger partial charge in [0.15, 0.2) is 0 Å². The number of hydrogen-bond donors (Lipinski definition) is 0. The van der Waals surface area contributed by atoms with Crippen LogP contribution in [0.3, 0.4) is 0 Å². The van der Waals surface area contributed by atoms with E-state index in [0.717, 1.165) is 5.75 Å². The third-order valence-corrected chi connectivity index (χ3v) is 5.81. The molecule has 0 N–H and O–H groups in total. The lowest BCUT2D eigenvalue weighted by atomic mass is 9.66. The Labute approximate surface area is 186 Å². The molecule has 154 valence electrons. The second-order valence-corrected chi connectivity index (χ2v) is 8.94. The molecule has 1 aliphatic rings. The van der Waals surface area contributed by atoms with E-state index in [0.29, 0.717) is 0 Å². The Morgan fingerprint density at radius 2 is 1.45 bits per heavy atom. The minimum atomic E-state index is -0.435. The lowest BCUT2D eigenvalue weighted by molar-refractivity contribution is 0.131. The summed E-state index contributed by atoms with van der Waals surface area (Å²) in [5.74, 6) is 3.55. The molecule has 0 amide bonds. The average molecular weight is 405 g/mol. The summed E-state index contributed by atoms with van der Waals surface area (Å²) in [4.78, 5) is 0. The molecule has 3 aromatic carbocycles. The molecule has 3 aromatic rings. The molecular weight excluding hydrogens is 376 g/mol. The molecule has 1 nitrogen and oxygen atoms in total. The number of benzene rings is 3. The summed E-state index contributed by atoms with van der Waals surface area (Å²) in [5.41, 5.74) is 6.74. The van der Waals surface area contributed by atoms with Gasteiger partial charge in [-0.1, -0.05) is 72.7 Å². The predicted octanol–water partition coefficient (Wildman–Crippen LogP) is 7.17. The van der Waals surface area contributed by atoms with Crippen molar-refractivity contribution in [3.05, 3.63) is 119 Å². The number of allylic oxidation sites excluding steroid dienone is 4. The maximum Gasteiger partial charge on any atom is 0.120 e. The number of terminal acetylenes is 1. The minimum Gasteiger partial charge on any atom is -0.488 e. The Hall–Kier alpha value is -3.50. The molecule has 1 atom stereocenters. The number of hydrogen-bond acceptors (Lipinski definition) is 1. The molecule has 1 unspecified atom stereocenters. The van der Waals surface area contributed by atoms with Crippen LogP contribution >= 0.6 is 0 Å². The van der Waals surface area contributed by atoms with Crippen molar-refractivity contribution in [2.75, 3.05) is 0 Å². The maximum absolute atomic E-state index is 6.09. The first-order valence-electron chi connectivity index (χ1n) is 10.7. The summed E-state index contributed by atoms with van der Waals surface area (Å²) in [6, 6.07) is 27.9. The highest BCUT2D eigenvalue weighted by molar-refractivity contribution is 5.86. The zero-order chi connectivity index (χ0) is 22.1. The van der Waals surface area contributed by atoms with Crippen molar-refractivity contribution in [1.82, 2.24) is 0 Å². The Balaban J connectivity index is 2.01. The molecule has 0 spiro atoms. The number of rotatable bonds is 4. The van der Waals surface area contributed by atoms with E-state index < -0.39 is 5.41 Å². The van der Waals surface area contributed by atoms with Gasteiger partial charge in [0, 0.05) is 0 Å². The molecule has 0 saturated heterocycles. The van der Waals surface area contributed by atoms with E-state index in [1.54, 1.807) is 6.08 Å². The zero-order valence-corrected chi connectivity index (χ0v) is 18.6. The second-order valence-electron chi connectivity index (χ2n) is 8.94. The predicted molar refractivity (Wildman–Crippen MR) is 130 cm³/mol. The van der Waals surface area contributed by atoms with Gasteiger partial charge < -0.3 is 4.74 Å². The summed E-state index contributed by atoms with van der Waals surface area (Å²) in [5, 5.41) is 0. The Morgan fingerprint density at radius 1 is 0.839 bits per heavy atom. The highest BCUT2D eigenvalue weighted by Gasteiger charge is 2.45. The lowest BCUT2D eigenvalue weighted by Gasteiger charge is -2.35. The first-order chi connectivity index (χ1) is 14.9. The second kappa shape index (κ2) is 7.97. The van der Waals surface area contributed by atoms with Gasteiger partial charge in [0.25, 0.3) is 0 Å².